The first-order valence-electron chi connectivity index (χ1n) is 6.53. The predicted octanol–water partition coefficient (Wildman–Crippen LogP) is 4.56. The molecule has 2 aromatic carbocycles. The van der Waals surface area contributed by atoms with E-state index in [4.69, 9.17) is 11.6 Å². The van der Waals surface area contributed by atoms with E-state index in [9.17, 15) is 10.1 Å². The molecular weight excluding hydrogens is 288 g/mol. The molecular formula is C16H13ClN2O2. The number of rotatable bonds is 3. The number of benzene rings is 2. The number of nitro benzene ring substituents is 1. The lowest BCUT2D eigenvalue weighted by Crippen LogP contribution is -2.02. The normalized spacial score (nSPS) is 11.0. The van der Waals surface area contributed by atoms with Gasteiger partial charge in [0.05, 0.1) is 4.92 Å². The molecule has 1 aromatic heterocycles. The second kappa shape index (κ2) is 5.22. The van der Waals surface area contributed by atoms with Crippen LogP contribution in [0.2, 0.25) is 5.02 Å². The maximum absolute atomic E-state index is 11.0. The van der Waals surface area contributed by atoms with Crippen molar-refractivity contribution < 1.29 is 4.92 Å². The molecule has 1 heterocycles. The van der Waals surface area contributed by atoms with Crippen LogP contribution in [0.4, 0.5) is 5.69 Å². The SMILES string of the molecule is Cc1c(Cn2ccc3ccc(Cl)cc32)cccc1[N+](=O)[O-]. The summed E-state index contributed by atoms with van der Waals surface area (Å²) in [6.07, 6.45) is 1.97. The van der Waals surface area contributed by atoms with E-state index in [-0.39, 0.29) is 10.6 Å². The molecule has 3 aromatic rings. The van der Waals surface area contributed by atoms with Crippen LogP contribution >= 0.6 is 11.6 Å². The number of nitro groups is 1. The summed E-state index contributed by atoms with van der Waals surface area (Å²) in [6, 6.07) is 12.9. The van der Waals surface area contributed by atoms with E-state index in [1.807, 2.05) is 41.1 Å². The van der Waals surface area contributed by atoms with E-state index in [0.717, 1.165) is 16.5 Å². The number of fused-ring (bicyclic) bond motifs is 1. The van der Waals surface area contributed by atoms with Crippen molar-refractivity contribution in [2.45, 2.75) is 13.5 Å². The summed E-state index contributed by atoms with van der Waals surface area (Å²) in [5.74, 6) is 0. The van der Waals surface area contributed by atoms with E-state index in [1.165, 1.54) is 6.07 Å². The molecule has 0 aliphatic carbocycles. The minimum absolute atomic E-state index is 0.155. The van der Waals surface area contributed by atoms with Gasteiger partial charge in [0.25, 0.3) is 5.69 Å². The molecule has 0 unspecified atom stereocenters. The number of hydrogen-bond acceptors (Lipinski definition) is 2. The highest BCUT2D eigenvalue weighted by molar-refractivity contribution is 6.31. The Labute approximate surface area is 126 Å². The van der Waals surface area contributed by atoms with Crippen molar-refractivity contribution in [3.8, 4) is 0 Å². The molecule has 0 aliphatic rings. The molecule has 0 saturated heterocycles. The highest BCUT2D eigenvalue weighted by Gasteiger charge is 2.13. The van der Waals surface area contributed by atoms with Crippen molar-refractivity contribution >= 4 is 28.2 Å². The van der Waals surface area contributed by atoms with E-state index in [2.05, 4.69) is 0 Å². The molecule has 0 atom stereocenters. The first kappa shape index (κ1) is 13.6. The average molecular weight is 301 g/mol. The smallest absolute Gasteiger partial charge is 0.272 e. The Morgan fingerprint density at radius 3 is 2.81 bits per heavy atom. The maximum atomic E-state index is 11.0. The van der Waals surface area contributed by atoms with E-state index >= 15 is 0 Å². The maximum Gasteiger partial charge on any atom is 0.272 e. The van der Waals surface area contributed by atoms with Gasteiger partial charge in [-0.25, -0.2) is 0 Å². The highest BCUT2D eigenvalue weighted by atomic mass is 35.5. The molecule has 5 heteroatoms. The van der Waals surface area contributed by atoms with Crippen molar-refractivity contribution in [3.05, 3.63) is 74.9 Å². The Kier molecular flexibility index (Phi) is 3.39. The zero-order chi connectivity index (χ0) is 15.0. The van der Waals surface area contributed by atoms with Crippen LogP contribution in [0, 0.1) is 17.0 Å². The number of hydrogen-bond donors (Lipinski definition) is 0. The molecule has 0 fully saturated rings. The van der Waals surface area contributed by atoms with Gasteiger partial charge in [0.1, 0.15) is 0 Å². The lowest BCUT2D eigenvalue weighted by molar-refractivity contribution is -0.385. The molecule has 4 nitrogen and oxygen atoms in total. The van der Waals surface area contributed by atoms with Gasteiger partial charge >= 0.3 is 0 Å². The van der Waals surface area contributed by atoms with Gasteiger partial charge < -0.3 is 4.57 Å². The van der Waals surface area contributed by atoms with Crippen LogP contribution in [-0.2, 0) is 6.54 Å². The third-order valence-electron chi connectivity index (χ3n) is 3.69. The zero-order valence-electron chi connectivity index (χ0n) is 11.4. The van der Waals surface area contributed by atoms with Crippen molar-refractivity contribution in [1.82, 2.24) is 4.57 Å². The van der Waals surface area contributed by atoms with Gasteiger partial charge in [0.15, 0.2) is 0 Å². The highest BCUT2D eigenvalue weighted by Crippen LogP contribution is 2.25. The molecule has 3 rings (SSSR count). The molecule has 21 heavy (non-hydrogen) atoms. The van der Waals surface area contributed by atoms with Crippen LogP contribution in [0.5, 0.6) is 0 Å². The Morgan fingerprint density at radius 2 is 2.05 bits per heavy atom. The summed E-state index contributed by atoms with van der Waals surface area (Å²) >= 11 is 6.05. The quantitative estimate of drug-likeness (QED) is 0.526. The van der Waals surface area contributed by atoms with Gasteiger partial charge in [-0.2, -0.15) is 0 Å². The molecule has 0 N–H and O–H groups in total. The van der Waals surface area contributed by atoms with Gasteiger partial charge in [0.2, 0.25) is 0 Å². The largest absolute Gasteiger partial charge is 0.343 e. The molecule has 106 valence electrons. The number of halogens is 1. The Hall–Kier alpha value is -2.33. The lowest BCUT2D eigenvalue weighted by Gasteiger charge is -2.09. The van der Waals surface area contributed by atoms with E-state index in [0.29, 0.717) is 17.1 Å². The predicted molar refractivity (Wildman–Crippen MR) is 83.9 cm³/mol. The standard InChI is InChI=1S/C16H13ClN2O2/c1-11-13(3-2-4-15(11)19(20)21)10-18-8-7-12-5-6-14(17)9-16(12)18/h2-9H,10H2,1H3. The number of aromatic nitrogens is 1. The molecule has 0 radical (unpaired) electrons. The molecule has 0 aliphatic heterocycles. The van der Waals surface area contributed by atoms with E-state index < -0.39 is 0 Å². The molecule has 0 amide bonds. The Bertz CT molecular complexity index is 839. The summed E-state index contributed by atoms with van der Waals surface area (Å²) in [4.78, 5) is 10.7. The van der Waals surface area contributed by atoms with Crippen molar-refractivity contribution in [2.75, 3.05) is 0 Å². The fraction of sp³-hybridized carbons (Fsp3) is 0.125. The van der Waals surface area contributed by atoms with Crippen LogP contribution in [-0.4, -0.2) is 9.49 Å². The lowest BCUT2D eigenvalue weighted by atomic mass is 10.1. The Balaban J connectivity index is 2.05. The van der Waals surface area contributed by atoms with Crippen LogP contribution in [0.1, 0.15) is 11.1 Å². The van der Waals surface area contributed by atoms with Gasteiger partial charge in [-0.15, -0.1) is 0 Å². The van der Waals surface area contributed by atoms with Gasteiger partial charge in [-0.3, -0.25) is 10.1 Å². The van der Waals surface area contributed by atoms with E-state index in [1.54, 1.807) is 13.0 Å². The second-order valence-corrected chi connectivity index (χ2v) is 5.40. The average Bonchev–Trinajstić information content (AvgIpc) is 2.83. The summed E-state index contributed by atoms with van der Waals surface area (Å²) in [5.41, 5.74) is 2.81. The topological polar surface area (TPSA) is 48.1 Å². The summed E-state index contributed by atoms with van der Waals surface area (Å²) in [7, 11) is 0. The summed E-state index contributed by atoms with van der Waals surface area (Å²) in [6.45, 7) is 2.36. The van der Waals surface area contributed by atoms with Crippen molar-refractivity contribution in [1.29, 1.82) is 0 Å². The fourth-order valence-electron chi connectivity index (χ4n) is 2.52. The monoisotopic (exact) mass is 300 g/mol. The summed E-state index contributed by atoms with van der Waals surface area (Å²) < 4.78 is 2.05. The first-order valence-corrected chi connectivity index (χ1v) is 6.91. The molecule has 0 saturated carbocycles. The molecule has 0 spiro atoms. The third-order valence-corrected chi connectivity index (χ3v) is 3.93. The van der Waals surface area contributed by atoms with Crippen LogP contribution in [0.3, 0.4) is 0 Å². The molecule has 0 bridgehead atoms. The minimum atomic E-state index is -0.344. The summed E-state index contributed by atoms with van der Waals surface area (Å²) in [5, 5.41) is 12.8. The van der Waals surface area contributed by atoms with Gasteiger partial charge in [-0.1, -0.05) is 29.8 Å². The second-order valence-electron chi connectivity index (χ2n) is 4.97. The Morgan fingerprint density at radius 1 is 1.24 bits per heavy atom. The van der Waals surface area contributed by atoms with Crippen LogP contribution in [0.25, 0.3) is 10.9 Å². The van der Waals surface area contributed by atoms with Crippen LogP contribution < -0.4 is 0 Å². The van der Waals surface area contributed by atoms with Crippen molar-refractivity contribution in [3.63, 3.8) is 0 Å². The first-order chi connectivity index (χ1) is 10.1. The minimum Gasteiger partial charge on any atom is -0.343 e. The number of nitrogens with zero attached hydrogens (tertiary/aromatic N) is 2. The zero-order valence-corrected chi connectivity index (χ0v) is 12.2. The third kappa shape index (κ3) is 2.50. The van der Waals surface area contributed by atoms with Gasteiger partial charge in [-0.05, 0) is 36.1 Å². The fourth-order valence-corrected chi connectivity index (χ4v) is 2.68. The van der Waals surface area contributed by atoms with Gasteiger partial charge in [0, 0.05) is 34.9 Å². The van der Waals surface area contributed by atoms with Crippen molar-refractivity contribution in [2.24, 2.45) is 0 Å². The van der Waals surface area contributed by atoms with Crippen LogP contribution in [0.15, 0.2) is 48.7 Å².